The molecule has 0 saturated carbocycles. The van der Waals surface area contributed by atoms with Crippen molar-refractivity contribution in [1.29, 1.82) is 0 Å². The number of hydrogen-bond donors (Lipinski definition) is 3. The molecule has 160 valence electrons. The molecule has 2 aromatic rings. The highest BCUT2D eigenvalue weighted by Gasteiger charge is 2.44. The fourth-order valence-corrected chi connectivity index (χ4v) is 3.96. The van der Waals surface area contributed by atoms with Gasteiger partial charge in [-0.3, -0.25) is 9.69 Å². The Balaban J connectivity index is 1.38. The zero-order chi connectivity index (χ0) is 21.3. The summed E-state index contributed by atoms with van der Waals surface area (Å²) in [5.41, 5.74) is 0.110. The van der Waals surface area contributed by atoms with E-state index in [0.29, 0.717) is 37.7 Å². The number of fused-ring (bicyclic) bond motifs is 1. The first kappa shape index (κ1) is 20.3. The van der Waals surface area contributed by atoms with Crippen molar-refractivity contribution < 1.29 is 18.4 Å². The van der Waals surface area contributed by atoms with E-state index < -0.39 is 11.8 Å². The molecule has 3 N–H and O–H groups in total. The maximum Gasteiger partial charge on any atom is 0.319 e. The van der Waals surface area contributed by atoms with Gasteiger partial charge in [0.2, 0.25) is 17.7 Å². The fourth-order valence-electron chi connectivity index (χ4n) is 3.96. The topological polar surface area (TPSA) is 112 Å². The second-order valence-corrected chi connectivity index (χ2v) is 8.02. The van der Waals surface area contributed by atoms with Crippen LogP contribution in [0.25, 0.3) is 0 Å². The minimum atomic E-state index is -0.503. The highest BCUT2D eigenvalue weighted by Crippen LogP contribution is 2.26. The second-order valence-electron chi connectivity index (χ2n) is 8.02. The van der Waals surface area contributed by atoms with Crippen molar-refractivity contribution >= 4 is 17.6 Å². The van der Waals surface area contributed by atoms with E-state index in [1.54, 1.807) is 12.1 Å². The number of carbonyl (C=O) groups is 2. The molecular formula is C20H25FN6O3. The normalized spacial score (nSPS) is 23.9. The average Bonchev–Trinajstić information content (AvgIpc) is 3.34. The lowest BCUT2D eigenvalue weighted by atomic mass is 10.1. The van der Waals surface area contributed by atoms with Gasteiger partial charge in [-0.15, -0.1) is 10.2 Å². The SMILES string of the molecule is CC(C)c1nnc(C[C@@H]2CNC(=O)[C@@H]3C[C@H](NC(=O)Nc4ccccc4F)CN23)o1. The molecule has 1 aromatic heterocycles. The van der Waals surface area contributed by atoms with Crippen LogP contribution in [-0.2, 0) is 11.2 Å². The second kappa shape index (κ2) is 8.39. The lowest BCUT2D eigenvalue weighted by Gasteiger charge is -2.36. The van der Waals surface area contributed by atoms with Gasteiger partial charge in [-0.2, -0.15) is 0 Å². The standard InChI is InChI=1S/C20H25FN6O3/c1-11(2)19-26-25-17(30-19)8-13-9-22-18(28)16-7-12(10-27(13)16)23-20(29)24-15-6-4-3-5-14(15)21/h3-6,11-13,16H,7-10H2,1-2H3,(H,22,28)(H2,23,24,29)/t12-,13+,16-/m0/s1. The molecule has 30 heavy (non-hydrogen) atoms. The third-order valence-electron chi connectivity index (χ3n) is 5.47. The lowest BCUT2D eigenvalue weighted by Crippen LogP contribution is -2.58. The highest BCUT2D eigenvalue weighted by molar-refractivity contribution is 5.90. The van der Waals surface area contributed by atoms with Gasteiger partial charge in [0.15, 0.2) is 0 Å². The molecule has 0 unspecified atom stereocenters. The average molecular weight is 416 g/mol. The summed E-state index contributed by atoms with van der Waals surface area (Å²) in [7, 11) is 0. The number of amides is 3. The zero-order valence-corrected chi connectivity index (χ0v) is 16.9. The van der Waals surface area contributed by atoms with Gasteiger partial charge in [0, 0.05) is 37.5 Å². The van der Waals surface area contributed by atoms with E-state index in [9.17, 15) is 14.0 Å². The highest BCUT2D eigenvalue weighted by atomic mass is 19.1. The van der Waals surface area contributed by atoms with E-state index in [1.165, 1.54) is 12.1 Å². The van der Waals surface area contributed by atoms with Crippen LogP contribution in [0.3, 0.4) is 0 Å². The summed E-state index contributed by atoms with van der Waals surface area (Å²) in [6, 6.07) is 4.90. The molecule has 0 aliphatic carbocycles. The number of rotatable bonds is 5. The molecule has 3 atom stereocenters. The van der Waals surface area contributed by atoms with Crippen LogP contribution in [0.1, 0.15) is 38.0 Å². The maximum atomic E-state index is 13.7. The smallest absolute Gasteiger partial charge is 0.319 e. The van der Waals surface area contributed by atoms with Crippen LogP contribution in [0, 0.1) is 5.82 Å². The van der Waals surface area contributed by atoms with Gasteiger partial charge in [-0.05, 0) is 18.6 Å². The van der Waals surface area contributed by atoms with E-state index in [1.807, 2.05) is 13.8 Å². The van der Waals surface area contributed by atoms with Crippen molar-refractivity contribution in [2.75, 3.05) is 18.4 Å². The quantitative estimate of drug-likeness (QED) is 0.683. The number of hydrogen-bond acceptors (Lipinski definition) is 6. The summed E-state index contributed by atoms with van der Waals surface area (Å²) in [6.45, 7) is 4.95. The summed E-state index contributed by atoms with van der Waals surface area (Å²) in [6.07, 6.45) is 0.999. The number of urea groups is 1. The molecule has 0 bridgehead atoms. The van der Waals surface area contributed by atoms with Crippen molar-refractivity contribution in [3.8, 4) is 0 Å². The molecule has 10 heteroatoms. The Morgan fingerprint density at radius 2 is 2.17 bits per heavy atom. The molecule has 4 rings (SSSR count). The molecule has 1 aromatic carbocycles. The number of carbonyl (C=O) groups excluding carboxylic acids is 2. The van der Waals surface area contributed by atoms with Crippen LogP contribution in [0.2, 0.25) is 0 Å². The number of halogens is 1. The van der Waals surface area contributed by atoms with Crippen LogP contribution in [0.4, 0.5) is 14.9 Å². The van der Waals surface area contributed by atoms with Gasteiger partial charge < -0.3 is 20.4 Å². The Morgan fingerprint density at radius 1 is 1.37 bits per heavy atom. The van der Waals surface area contributed by atoms with Gasteiger partial charge in [-0.25, -0.2) is 9.18 Å². The molecule has 2 aliphatic heterocycles. The summed E-state index contributed by atoms with van der Waals surface area (Å²) in [5.74, 6) is 0.715. The minimum absolute atomic E-state index is 0.00501. The van der Waals surface area contributed by atoms with Gasteiger partial charge in [-0.1, -0.05) is 26.0 Å². The fraction of sp³-hybridized carbons (Fsp3) is 0.500. The zero-order valence-electron chi connectivity index (χ0n) is 16.9. The first-order valence-electron chi connectivity index (χ1n) is 10.1. The molecule has 0 radical (unpaired) electrons. The molecular weight excluding hydrogens is 391 g/mol. The number of benzene rings is 1. The molecule has 2 fully saturated rings. The van der Waals surface area contributed by atoms with Crippen molar-refractivity contribution in [2.24, 2.45) is 0 Å². The predicted molar refractivity (Wildman–Crippen MR) is 106 cm³/mol. The van der Waals surface area contributed by atoms with Crippen molar-refractivity contribution in [1.82, 2.24) is 25.7 Å². The number of aromatic nitrogens is 2. The summed E-state index contributed by atoms with van der Waals surface area (Å²) in [4.78, 5) is 26.7. The molecule has 3 amide bonds. The van der Waals surface area contributed by atoms with Crippen LogP contribution in [-0.4, -0.2) is 58.3 Å². The van der Waals surface area contributed by atoms with E-state index in [2.05, 4.69) is 31.0 Å². The predicted octanol–water partition coefficient (Wildman–Crippen LogP) is 1.64. The van der Waals surface area contributed by atoms with Crippen LogP contribution >= 0.6 is 0 Å². The molecule has 0 spiro atoms. The van der Waals surface area contributed by atoms with Crippen LogP contribution in [0.15, 0.2) is 28.7 Å². The number of anilines is 1. The van der Waals surface area contributed by atoms with Gasteiger partial charge in [0.05, 0.1) is 11.7 Å². The summed E-state index contributed by atoms with van der Waals surface area (Å²) < 4.78 is 19.5. The first-order chi connectivity index (χ1) is 14.4. The summed E-state index contributed by atoms with van der Waals surface area (Å²) >= 11 is 0. The van der Waals surface area contributed by atoms with Gasteiger partial charge in [0.25, 0.3) is 0 Å². The Hall–Kier alpha value is -3.01. The Morgan fingerprint density at radius 3 is 2.90 bits per heavy atom. The van der Waals surface area contributed by atoms with E-state index in [0.717, 1.165) is 0 Å². The number of piperazine rings is 1. The minimum Gasteiger partial charge on any atom is -0.425 e. The lowest BCUT2D eigenvalue weighted by molar-refractivity contribution is -0.129. The molecule has 2 aliphatic rings. The van der Waals surface area contributed by atoms with Crippen molar-refractivity contribution in [2.45, 2.75) is 50.7 Å². The monoisotopic (exact) mass is 416 g/mol. The maximum absolute atomic E-state index is 13.7. The van der Waals surface area contributed by atoms with Crippen molar-refractivity contribution in [3.63, 3.8) is 0 Å². The Labute approximate surface area is 173 Å². The van der Waals surface area contributed by atoms with E-state index in [4.69, 9.17) is 4.42 Å². The Kier molecular flexibility index (Phi) is 5.67. The first-order valence-corrected chi connectivity index (χ1v) is 10.1. The third-order valence-corrected chi connectivity index (χ3v) is 5.47. The van der Waals surface area contributed by atoms with E-state index in [-0.39, 0.29) is 35.6 Å². The van der Waals surface area contributed by atoms with E-state index >= 15 is 0 Å². The number of para-hydroxylation sites is 1. The van der Waals surface area contributed by atoms with Crippen LogP contribution < -0.4 is 16.0 Å². The Bertz CT molecular complexity index is 933. The largest absolute Gasteiger partial charge is 0.425 e. The molecule has 9 nitrogen and oxygen atoms in total. The molecule has 2 saturated heterocycles. The van der Waals surface area contributed by atoms with Crippen molar-refractivity contribution in [3.05, 3.63) is 41.9 Å². The third kappa shape index (κ3) is 4.28. The number of nitrogens with one attached hydrogen (secondary N) is 3. The molecule has 3 heterocycles. The van der Waals surface area contributed by atoms with Gasteiger partial charge >= 0.3 is 6.03 Å². The summed E-state index contributed by atoms with van der Waals surface area (Å²) in [5, 5.41) is 16.5. The van der Waals surface area contributed by atoms with Gasteiger partial charge in [0.1, 0.15) is 5.82 Å². The number of nitrogens with zero attached hydrogens (tertiary/aromatic N) is 3. The van der Waals surface area contributed by atoms with Crippen LogP contribution in [0.5, 0.6) is 0 Å².